The van der Waals surface area contributed by atoms with Crippen LogP contribution in [0.5, 0.6) is 0 Å². The van der Waals surface area contributed by atoms with Gasteiger partial charge in [0.15, 0.2) is 0 Å². The van der Waals surface area contributed by atoms with Crippen molar-refractivity contribution in [2.45, 2.75) is 12.3 Å². The number of carbonyl (C=O) groups is 2. The van der Waals surface area contributed by atoms with Gasteiger partial charge in [-0.2, -0.15) is 0 Å². The lowest BCUT2D eigenvalue weighted by molar-refractivity contribution is -0.141. The molecule has 1 aliphatic heterocycles. The van der Waals surface area contributed by atoms with E-state index in [0.717, 1.165) is 11.3 Å². The predicted molar refractivity (Wildman–Crippen MR) is 86.7 cm³/mol. The van der Waals surface area contributed by atoms with Crippen molar-refractivity contribution < 1.29 is 14.3 Å². The molecule has 6 heteroatoms. The highest BCUT2D eigenvalue weighted by Crippen LogP contribution is 2.38. The Morgan fingerprint density at radius 2 is 2.04 bits per heavy atom. The first-order valence-electron chi connectivity index (χ1n) is 7.20. The Kier molecular flexibility index (Phi) is 4.30. The highest BCUT2D eigenvalue weighted by Gasteiger charge is 2.34. The molecule has 1 atom stereocenters. The van der Waals surface area contributed by atoms with Gasteiger partial charge < -0.3 is 9.64 Å². The van der Waals surface area contributed by atoms with E-state index in [0.29, 0.717) is 6.54 Å². The smallest absolute Gasteiger partial charge is 0.306 e. The monoisotopic (exact) mass is 330 g/mol. The summed E-state index contributed by atoms with van der Waals surface area (Å²) in [7, 11) is 1.36. The summed E-state index contributed by atoms with van der Waals surface area (Å²) in [5.41, 5.74) is 2.05. The highest BCUT2D eigenvalue weighted by molar-refractivity contribution is 6.29. The third kappa shape index (κ3) is 3.05. The van der Waals surface area contributed by atoms with E-state index >= 15 is 0 Å². The molecule has 0 aliphatic carbocycles. The molecule has 2 aromatic rings. The first-order chi connectivity index (χ1) is 11.1. The Morgan fingerprint density at radius 3 is 2.78 bits per heavy atom. The Morgan fingerprint density at radius 1 is 1.26 bits per heavy atom. The summed E-state index contributed by atoms with van der Waals surface area (Å²) in [5, 5.41) is 0.273. The fraction of sp³-hybridized carbons (Fsp3) is 0.235. The molecule has 0 radical (unpaired) electrons. The first kappa shape index (κ1) is 15.5. The van der Waals surface area contributed by atoms with Gasteiger partial charge >= 0.3 is 5.97 Å². The molecule has 0 N–H and O–H groups in total. The van der Waals surface area contributed by atoms with E-state index in [2.05, 4.69) is 4.98 Å². The van der Waals surface area contributed by atoms with Crippen molar-refractivity contribution in [3.8, 4) is 0 Å². The van der Waals surface area contributed by atoms with Gasteiger partial charge in [0.1, 0.15) is 10.8 Å². The zero-order valence-corrected chi connectivity index (χ0v) is 13.3. The molecule has 1 amide bonds. The third-order valence-electron chi connectivity index (χ3n) is 3.89. The van der Waals surface area contributed by atoms with Crippen LogP contribution in [0, 0.1) is 0 Å². The molecule has 3 rings (SSSR count). The second-order valence-corrected chi connectivity index (χ2v) is 5.68. The predicted octanol–water partition coefficient (Wildman–Crippen LogP) is 3.04. The number of hydrogen-bond acceptors (Lipinski definition) is 4. The molecule has 1 aromatic carbocycles. The Balaban J connectivity index is 1.92. The van der Waals surface area contributed by atoms with E-state index in [1.807, 2.05) is 24.3 Å². The van der Waals surface area contributed by atoms with Gasteiger partial charge in [0.25, 0.3) is 5.91 Å². The number of rotatable bonds is 3. The number of pyridine rings is 1. The molecular formula is C17H15ClN2O3. The number of para-hydroxylation sites is 1. The summed E-state index contributed by atoms with van der Waals surface area (Å²) >= 11 is 5.87. The Hall–Kier alpha value is -2.40. The zero-order valence-electron chi connectivity index (χ0n) is 12.5. The van der Waals surface area contributed by atoms with Crippen LogP contribution in [0.2, 0.25) is 5.15 Å². The summed E-state index contributed by atoms with van der Waals surface area (Å²) < 4.78 is 4.75. The van der Waals surface area contributed by atoms with E-state index in [1.165, 1.54) is 7.11 Å². The van der Waals surface area contributed by atoms with Crippen LogP contribution in [0.3, 0.4) is 0 Å². The van der Waals surface area contributed by atoms with Gasteiger partial charge in [0.2, 0.25) is 0 Å². The van der Waals surface area contributed by atoms with Crippen molar-refractivity contribution in [2.75, 3.05) is 18.6 Å². The largest absolute Gasteiger partial charge is 0.469 e. The van der Waals surface area contributed by atoms with E-state index in [9.17, 15) is 9.59 Å². The number of esters is 1. The molecule has 0 spiro atoms. The van der Waals surface area contributed by atoms with Crippen molar-refractivity contribution in [2.24, 2.45) is 0 Å². The normalized spacial score (nSPS) is 16.1. The van der Waals surface area contributed by atoms with E-state index in [-0.39, 0.29) is 35.1 Å². The molecule has 0 saturated heterocycles. The lowest BCUT2D eigenvalue weighted by atomic mass is 9.98. The summed E-state index contributed by atoms with van der Waals surface area (Å²) in [6.07, 6.45) is 0.236. The van der Waals surface area contributed by atoms with E-state index in [1.54, 1.807) is 23.1 Å². The molecule has 0 fully saturated rings. The maximum Gasteiger partial charge on any atom is 0.306 e. The number of anilines is 1. The maximum atomic E-state index is 12.8. The van der Waals surface area contributed by atoms with Gasteiger partial charge in [0.05, 0.1) is 13.5 Å². The summed E-state index contributed by atoms with van der Waals surface area (Å²) in [6, 6.07) is 12.5. The lowest BCUT2D eigenvalue weighted by Crippen LogP contribution is -2.31. The lowest BCUT2D eigenvalue weighted by Gasteiger charge is -2.17. The minimum atomic E-state index is -0.292. The molecule has 1 aliphatic rings. The van der Waals surface area contributed by atoms with Crippen LogP contribution in [-0.2, 0) is 9.53 Å². The average Bonchev–Trinajstić information content (AvgIpc) is 2.93. The molecule has 23 heavy (non-hydrogen) atoms. The fourth-order valence-electron chi connectivity index (χ4n) is 2.81. The number of aromatic nitrogens is 1. The number of carbonyl (C=O) groups excluding carboxylic acids is 2. The maximum absolute atomic E-state index is 12.8. The number of amides is 1. The quantitative estimate of drug-likeness (QED) is 0.641. The highest BCUT2D eigenvalue weighted by atomic mass is 35.5. The topological polar surface area (TPSA) is 59.5 Å². The van der Waals surface area contributed by atoms with Crippen LogP contribution in [0.25, 0.3) is 0 Å². The van der Waals surface area contributed by atoms with Crippen LogP contribution in [0.15, 0.2) is 42.5 Å². The number of ether oxygens (including phenoxy) is 1. The molecule has 2 heterocycles. The molecule has 0 bridgehead atoms. The molecule has 1 unspecified atom stereocenters. The van der Waals surface area contributed by atoms with Crippen LogP contribution in [-0.4, -0.2) is 30.5 Å². The van der Waals surface area contributed by atoms with Crippen molar-refractivity contribution in [1.82, 2.24) is 4.98 Å². The first-order valence-corrected chi connectivity index (χ1v) is 7.58. The summed E-state index contributed by atoms with van der Waals surface area (Å²) in [6.45, 7) is 0.418. The third-order valence-corrected chi connectivity index (χ3v) is 4.10. The molecular weight excluding hydrogens is 316 g/mol. The Bertz CT molecular complexity index is 763. The molecule has 118 valence electrons. The number of benzene rings is 1. The second-order valence-electron chi connectivity index (χ2n) is 5.30. The number of methoxy groups -OCH3 is 1. The van der Waals surface area contributed by atoms with Gasteiger partial charge in [-0.05, 0) is 23.8 Å². The van der Waals surface area contributed by atoms with Crippen molar-refractivity contribution >= 4 is 29.2 Å². The second kappa shape index (κ2) is 6.38. The average molecular weight is 331 g/mol. The van der Waals surface area contributed by atoms with Crippen molar-refractivity contribution in [1.29, 1.82) is 0 Å². The number of nitrogens with zero attached hydrogens (tertiary/aromatic N) is 2. The van der Waals surface area contributed by atoms with Crippen molar-refractivity contribution in [3.63, 3.8) is 0 Å². The standard InChI is InChI=1S/C17H15ClN2O3/c1-23-16(21)9-11-10-20(14-7-3-2-5-12(11)14)17(22)13-6-4-8-15(18)19-13/h2-8,11H,9-10H2,1H3. The minimum absolute atomic E-state index is 0.0817. The van der Waals surface area contributed by atoms with Gasteiger partial charge in [-0.1, -0.05) is 35.9 Å². The summed E-state index contributed by atoms with van der Waals surface area (Å²) in [4.78, 5) is 30.1. The van der Waals surface area contributed by atoms with Crippen molar-refractivity contribution in [3.05, 3.63) is 58.9 Å². The van der Waals surface area contributed by atoms with Crippen LogP contribution < -0.4 is 4.90 Å². The van der Waals surface area contributed by atoms with Crippen LogP contribution in [0.1, 0.15) is 28.4 Å². The van der Waals surface area contributed by atoms with E-state index < -0.39 is 0 Å². The van der Waals surface area contributed by atoms with E-state index in [4.69, 9.17) is 16.3 Å². The van der Waals surface area contributed by atoms with Gasteiger partial charge in [-0.15, -0.1) is 0 Å². The zero-order chi connectivity index (χ0) is 16.4. The molecule has 0 saturated carbocycles. The number of fused-ring (bicyclic) bond motifs is 1. The number of halogens is 1. The van der Waals surface area contributed by atoms with Crippen LogP contribution >= 0.6 is 11.6 Å². The number of hydrogen-bond donors (Lipinski definition) is 0. The minimum Gasteiger partial charge on any atom is -0.469 e. The van der Waals surface area contributed by atoms with Gasteiger partial charge in [-0.25, -0.2) is 4.98 Å². The van der Waals surface area contributed by atoms with Gasteiger partial charge in [0, 0.05) is 18.2 Å². The summed E-state index contributed by atoms with van der Waals surface area (Å²) in [5.74, 6) is -0.603. The fourth-order valence-corrected chi connectivity index (χ4v) is 2.98. The molecule has 5 nitrogen and oxygen atoms in total. The molecule has 1 aromatic heterocycles. The van der Waals surface area contributed by atoms with Crippen LogP contribution in [0.4, 0.5) is 5.69 Å². The SMILES string of the molecule is COC(=O)CC1CN(C(=O)c2cccc(Cl)n2)c2ccccc21. The van der Waals surface area contributed by atoms with Gasteiger partial charge in [-0.3, -0.25) is 9.59 Å². The Labute approximate surface area is 138 Å².